The summed E-state index contributed by atoms with van der Waals surface area (Å²) in [6, 6.07) is 14.0. The van der Waals surface area contributed by atoms with Gasteiger partial charge in [-0.25, -0.2) is 17.8 Å². The van der Waals surface area contributed by atoms with Gasteiger partial charge in [0.2, 0.25) is 10.0 Å². The average Bonchev–Trinajstić information content (AvgIpc) is 3.36. The standard InChI is InChI=1S/C21H18FN3O3S2/c1-30(27,28)24-18-7-5-14(6-8-18)19-12-20(16-9-10-29-13-16)25(23-19)21(26)15-3-2-4-17(22)11-15/h2-11,13,20,24H,12H2,1H3/t20-/m1/s1. The monoisotopic (exact) mass is 443 g/mol. The second kappa shape index (κ2) is 8.00. The van der Waals surface area contributed by atoms with Crippen LogP contribution in [0.15, 0.2) is 70.5 Å². The van der Waals surface area contributed by atoms with Crippen molar-refractivity contribution in [1.82, 2.24) is 5.01 Å². The van der Waals surface area contributed by atoms with Crippen LogP contribution in [0.2, 0.25) is 0 Å². The lowest BCUT2D eigenvalue weighted by molar-refractivity contribution is 0.0711. The molecule has 4 rings (SSSR count). The number of rotatable bonds is 5. The van der Waals surface area contributed by atoms with E-state index in [1.807, 2.05) is 16.8 Å². The summed E-state index contributed by atoms with van der Waals surface area (Å²) in [4.78, 5) is 13.1. The van der Waals surface area contributed by atoms with Crippen molar-refractivity contribution in [2.45, 2.75) is 12.5 Å². The van der Waals surface area contributed by atoms with Gasteiger partial charge in [-0.05, 0) is 58.3 Å². The zero-order valence-electron chi connectivity index (χ0n) is 15.9. The number of benzene rings is 2. The van der Waals surface area contributed by atoms with Crippen molar-refractivity contribution in [2.75, 3.05) is 11.0 Å². The van der Waals surface area contributed by atoms with Gasteiger partial charge < -0.3 is 0 Å². The number of nitrogens with one attached hydrogen (secondary N) is 1. The number of carbonyl (C=O) groups is 1. The topological polar surface area (TPSA) is 78.8 Å². The fraction of sp³-hybridized carbons (Fsp3) is 0.143. The Hall–Kier alpha value is -3.04. The Morgan fingerprint density at radius 1 is 1.20 bits per heavy atom. The number of anilines is 1. The molecule has 0 spiro atoms. The molecule has 3 aromatic rings. The van der Waals surface area contributed by atoms with Crippen LogP contribution in [0.4, 0.5) is 10.1 Å². The summed E-state index contributed by atoms with van der Waals surface area (Å²) in [5.41, 5.74) is 3.11. The molecule has 0 fully saturated rings. The third kappa shape index (κ3) is 4.42. The van der Waals surface area contributed by atoms with E-state index in [1.165, 1.54) is 34.5 Å². The number of thiophene rings is 1. The van der Waals surface area contributed by atoms with Crippen LogP contribution in [0.5, 0.6) is 0 Å². The van der Waals surface area contributed by atoms with Gasteiger partial charge in [0.25, 0.3) is 5.91 Å². The molecule has 1 aromatic heterocycles. The SMILES string of the molecule is CS(=O)(=O)Nc1ccc(C2=NN(C(=O)c3cccc(F)c3)[C@@H](c3ccsc3)C2)cc1. The first kappa shape index (κ1) is 20.2. The molecule has 9 heteroatoms. The maximum Gasteiger partial charge on any atom is 0.274 e. The summed E-state index contributed by atoms with van der Waals surface area (Å²) in [7, 11) is -3.36. The number of hydrogen-bond donors (Lipinski definition) is 1. The summed E-state index contributed by atoms with van der Waals surface area (Å²) in [5.74, 6) is -0.860. The molecule has 30 heavy (non-hydrogen) atoms. The van der Waals surface area contributed by atoms with Gasteiger partial charge >= 0.3 is 0 Å². The maximum atomic E-state index is 13.6. The van der Waals surface area contributed by atoms with Crippen LogP contribution in [0, 0.1) is 5.82 Å². The van der Waals surface area contributed by atoms with Crippen LogP contribution in [0.3, 0.4) is 0 Å². The van der Waals surface area contributed by atoms with E-state index < -0.39 is 15.8 Å². The largest absolute Gasteiger partial charge is 0.284 e. The molecule has 2 aromatic carbocycles. The van der Waals surface area contributed by atoms with Crippen molar-refractivity contribution in [3.63, 3.8) is 0 Å². The quantitative estimate of drug-likeness (QED) is 0.640. The van der Waals surface area contributed by atoms with Crippen LogP contribution in [0.1, 0.15) is 33.9 Å². The Balaban J connectivity index is 1.66. The molecule has 6 nitrogen and oxygen atoms in total. The average molecular weight is 444 g/mol. The van der Waals surface area contributed by atoms with Crippen LogP contribution < -0.4 is 4.72 Å². The second-order valence-electron chi connectivity index (χ2n) is 6.93. The van der Waals surface area contributed by atoms with Crippen LogP contribution in [-0.2, 0) is 10.0 Å². The third-order valence-corrected chi connectivity index (χ3v) is 5.95. The van der Waals surface area contributed by atoms with Gasteiger partial charge in [-0.15, -0.1) is 0 Å². The fourth-order valence-corrected chi connectivity index (χ4v) is 4.57. The van der Waals surface area contributed by atoms with Crippen molar-refractivity contribution in [1.29, 1.82) is 0 Å². The van der Waals surface area contributed by atoms with Crippen molar-refractivity contribution in [2.24, 2.45) is 5.10 Å². The highest BCUT2D eigenvalue weighted by Gasteiger charge is 2.34. The molecule has 0 unspecified atom stereocenters. The summed E-state index contributed by atoms with van der Waals surface area (Å²) in [6.45, 7) is 0. The van der Waals surface area contributed by atoms with E-state index in [1.54, 1.807) is 30.3 Å². The number of sulfonamides is 1. The first-order chi connectivity index (χ1) is 14.3. The van der Waals surface area contributed by atoms with E-state index >= 15 is 0 Å². The van der Waals surface area contributed by atoms with Gasteiger partial charge in [0.1, 0.15) is 5.82 Å². The van der Waals surface area contributed by atoms with Gasteiger partial charge in [-0.2, -0.15) is 16.4 Å². The summed E-state index contributed by atoms with van der Waals surface area (Å²) in [5, 5.41) is 9.85. The van der Waals surface area contributed by atoms with Gasteiger partial charge in [0.05, 0.1) is 18.0 Å². The molecule has 0 radical (unpaired) electrons. The molecule has 0 saturated carbocycles. The Morgan fingerprint density at radius 3 is 2.60 bits per heavy atom. The van der Waals surface area contributed by atoms with E-state index in [4.69, 9.17) is 0 Å². The Morgan fingerprint density at radius 2 is 1.97 bits per heavy atom. The third-order valence-electron chi connectivity index (χ3n) is 4.64. The van der Waals surface area contributed by atoms with Gasteiger partial charge in [-0.3, -0.25) is 9.52 Å². The minimum atomic E-state index is -3.36. The summed E-state index contributed by atoms with van der Waals surface area (Å²) in [6.07, 6.45) is 1.58. The number of carbonyl (C=O) groups excluding carboxylic acids is 1. The molecule has 1 aliphatic heterocycles. The zero-order valence-corrected chi connectivity index (χ0v) is 17.6. The van der Waals surface area contributed by atoms with Crippen LogP contribution in [0.25, 0.3) is 0 Å². The van der Waals surface area contributed by atoms with E-state index in [0.29, 0.717) is 17.8 Å². The van der Waals surface area contributed by atoms with E-state index in [9.17, 15) is 17.6 Å². The molecular weight excluding hydrogens is 425 g/mol. The molecule has 1 atom stereocenters. The lowest BCUT2D eigenvalue weighted by Crippen LogP contribution is -2.26. The highest BCUT2D eigenvalue weighted by atomic mass is 32.2. The first-order valence-electron chi connectivity index (χ1n) is 9.07. The normalized spacial score (nSPS) is 16.4. The van der Waals surface area contributed by atoms with E-state index in [-0.39, 0.29) is 17.5 Å². The fourth-order valence-electron chi connectivity index (χ4n) is 3.29. The van der Waals surface area contributed by atoms with Crippen molar-refractivity contribution in [3.8, 4) is 0 Å². The Labute approximate surface area is 177 Å². The smallest absolute Gasteiger partial charge is 0.274 e. The van der Waals surface area contributed by atoms with E-state index in [0.717, 1.165) is 17.4 Å². The minimum Gasteiger partial charge on any atom is -0.284 e. The maximum absolute atomic E-state index is 13.6. The lowest BCUT2D eigenvalue weighted by Gasteiger charge is -2.21. The molecule has 154 valence electrons. The van der Waals surface area contributed by atoms with Crippen molar-refractivity contribution >= 4 is 38.7 Å². The molecule has 1 amide bonds. The molecule has 1 aliphatic rings. The highest BCUT2D eigenvalue weighted by Crippen LogP contribution is 2.35. The number of amides is 1. The lowest BCUT2D eigenvalue weighted by atomic mass is 10.00. The molecule has 0 saturated heterocycles. The number of halogens is 1. The predicted molar refractivity (Wildman–Crippen MR) is 116 cm³/mol. The Kier molecular flexibility index (Phi) is 5.40. The van der Waals surface area contributed by atoms with Gasteiger partial charge in [0.15, 0.2) is 0 Å². The predicted octanol–water partition coefficient (Wildman–Crippen LogP) is 4.25. The number of hydrazone groups is 1. The zero-order chi connectivity index (χ0) is 21.3. The molecule has 1 N–H and O–H groups in total. The molecular formula is C21H18FN3O3S2. The number of hydrogen-bond acceptors (Lipinski definition) is 5. The van der Waals surface area contributed by atoms with Crippen LogP contribution in [-0.4, -0.2) is 31.3 Å². The van der Waals surface area contributed by atoms with Gasteiger partial charge in [-0.1, -0.05) is 18.2 Å². The molecule has 0 bridgehead atoms. The first-order valence-corrected chi connectivity index (χ1v) is 11.9. The molecule has 2 heterocycles. The number of nitrogens with zero attached hydrogens (tertiary/aromatic N) is 2. The Bertz CT molecular complexity index is 1210. The van der Waals surface area contributed by atoms with E-state index in [2.05, 4.69) is 9.82 Å². The summed E-state index contributed by atoms with van der Waals surface area (Å²) >= 11 is 1.53. The highest BCUT2D eigenvalue weighted by molar-refractivity contribution is 7.92. The second-order valence-corrected chi connectivity index (χ2v) is 9.46. The molecule has 0 aliphatic carbocycles. The minimum absolute atomic E-state index is 0.230. The van der Waals surface area contributed by atoms with Crippen molar-refractivity contribution in [3.05, 3.63) is 87.9 Å². The van der Waals surface area contributed by atoms with Crippen molar-refractivity contribution < 1.29 is 17.6 Å². The summed E-state index contributed by atoms with van der Waals surface area (Å²) < 4.78 is 38.8. The van der Waals surface area contributed by atoms with Gasteiger partial charge in [0, 0.05) is 17.7 Å². The van der Waals surface area contributed by atoms with Crippen LogP contribution >= 0.6 is 11.3 Å².